The van der Waals surface area contributed by atoms with Crippen LogP contribution in [0.3, 0.4) is 0 Å². The summed E-state index contributed by atoms with van der Waals surface area (Å²) >= 11 is 1.90. The Morgan fingerprint density at radius 3 is 2.71 bits per heavy atom. The van der Waals surface area contributed by atoms with E-state index in [1.165, 1.54) is 23.1 Å². The van der Waals surface area contributed by atoms with Crippen molar-refractivity contribution >= 4 is 45.3 Å². The summed E-state index contributed by atoms with van der Waals surface area (Å²) in [5.74, 6) is -0.911. The number of carbonyl (C=O) groups excluding carboxylic acids is 1. The zero-order valence-electron chi connectivity index (χ0n) is 12.5. The van der Waals surface area contributed by atoms with E-state index in [0.717, 1.165) is 34.3 Å². The molecule has 1 aliphatic heterocycles. The van der Waals surface area contributed by atoms with Crippen molar-refractivity contribution in [2.45, 2.75) is 11.8 Å². The minimum Gasteiger partial charge on any atom is -0.495 e. The van der Waals surface area contributed by atoms with E-state index in [9.17, 15) is 18.0 Å². The van der Waals surface area contributed by atoms with Crippen molar-refractivity contribution in [2.75, 3.05) is 7.11 Å². The van der Waals surface area contributed by atoms with E-state index in [1.807, 2.05) is 0 Å². The summed E-state index contributed by atoms with van der Waals surface area (Å²) in [7, 11) is -2.85. The Labute approximate surface area is 146 Å². The van der Waals surface area contributed by atoms with Gasteiger partial charge in [0.25, 0.3) is 10.0 Å². The van der Waals surface area contributed by atoms with Crippen LogP contribution in [0.25, 0.3) is 0 Å². The van der Waals surface area contributed by atoms with Gasteiger partial charge in [-0.2, -0.15) is 0 Å². The van der Waals surface area contributed by atoms with Gasteiger partial charge in [0, 0.05) is 16.9 Å². The van der Waals surface area contributed by atoms with Crippen LogP contribution < -0.4 is 10.1 Å². The number of methoxy groups -OCH3 is 1. The molecule has 0 aliphatic carbocycles. The summed E-state index contributed by atoms with van der Waals surface area (Å²) in [5, 5.41) is 10.3. The lowest BCUT2D eigenvalue weighted by molar-refractivity contribution is 0.0698. The number of carboxylic acid groups (broad SMARTS) is 1. The van der Waals surface area contributed by atoms with E-state index in [-0.39, 0.29) is 4.88 Å². The fraction of sp³-hybridized carbons (Fsp3) is 0.167. The van der Waals surface area contributed by atoms with Crippen molar-refractivity contribution in [1.82, 2.24) is 14.6 Å². The Kier molecular flexibility index (Phi) is 5.41. The van der Waals surface area contributed by atoms with Crippen LogP contribution in [0.15, 0.2) is 39.3 Å². The zero-order valence-corrected chi connectivity index (χ0v) is 14.9. The third-order valence-corrected chi connectivity index (χ3v) is 5.82. The average Bonchev–Trinajstić information content (AvgIpc) is 2.96. The van der Waals surface area contributed by atoms with Gasteiger partial charge in [0.2, 0.25) is 0 Å². The summed E-state index contributed by atoms with van der Waals surface area (Å²) in [4.78, 5) is 22.9. The minimum atomic E-state index is -4.31. The minimum absolute atomic E-state index is 0.372. The van der Waals surface area contributed by atoms with E-state index in [0.29, 0.717) is 5.76 Å². The van der Waals surface area contributed by atoms with Crippen LogP contribution in [-0.2, 0) is 14.8 Å². The highest BCUT2D eigenvalue weighted by molar-refractivity contribution is 8.00. The molecule has 130 valence electrons. The molecule has 3 N–H and O–H groups in total. The second kappa shape index (κ2) is 7.15. The van der Waals surface area contributed by atoms with Gasteiger partial charge in [0.15, 0.2) is 0 Å². The van der Waals surface area contributed by atoms with Gasteiger partial charge in [-0.1, -0.05) is 0 Å². The van der Waals surface area contributed by atoms with Crippen LogP contribution in [-0.4, -0.2) is 37.0 Å². The topological polar surface area (TPSA) is 125 Å². The normalized spacial score (nSPS) is 14.5. The molecule has 0 fully saturated rings. The molecule has 2 amide bonds. The van der Waals surface area contributed by atoms with Crippen LogP contribution in [0, 0.1) is 0 Å². The molecule has 0 atom stereocenters. The van der Waals surface area contributed by atoms with Gasteiger partial charge in [-0.05, 0) is 24.4 Å². The van der Waals surface area contributed by atoms with Gasteiger partial charge in [-0.15, -0.1) is 11.3 Å². The van der Waals surface area contributed by atoms with Crippen molar-refractivity contribution in [3.8, 4) is 0 Å². The van der Waals surface area contributed by atoms with E-state index in [2.05, 4.69) is 5.43 Å². The molecule has 0 aromatic carbocycles. The van der Waals surface area contributed by atoms with Gasteiger partial charge in [0.1, 0.15) is 15.5 Å². The van der Waals surface area contributed by atoms with Crippen molar-refractivity contribution in [2.24, 2.45) is 0 Å². The van der Waals surface area contributed by atoms with E-state index < -0.39 is 26.9 Å². The average molecular weight is 391 g/mol. The van der Waals surface area contributed by atoms with Crippen molar-refractivity contribution in [3.05, 3.63) is 39.3 Å². The highest BCUT2D eigenvalue weighted by Crippen LogP contribution is 2.26. The third-order valence-electron chi connectivity index (χ3n) is 2.62. The number of urea groups is 1. The van der Waals surface area contributed by atoms with Gasteiger partial charge in [-0.25, -0.2) is 32.6 Å². The number of sulfonamides is 1. The maximum atomic E-state index is 12.2. The highest BCUT2D eigenvalue weighted by atomic mass is 32.2. The van der Waals surface area contributed by atoms with Crippen LogP contribution in [0.5, 0.6) is 0 Å². The molecule has 0 bridgehead atoms. The number of carbonyl (C=O) groups is 2. The first-order valence-corrected chi connectivity index (χ1v) is 9.42. The number of hydrazine groups is 1. The molecule has 1 aromatic rings. The highest BCUT2D eigenvalue weighted by Gasteiger charge is 2.26. The number of carboxylic acids is 1. The van der Waals surface area contributed by atoms with Crippen LogP contribution in [0.1, 0.15) is 16.6 Å². The maximum Gasteiger partial charge on any atom is 0.348 e. The number of thiophene rings is 1. The Hall–Kier alpha value is -2.18. The quantitative estimate of drug-likeness (QED) is 0.648. The standard InChI is InChI=1S/C12H13N3O6S3/c1-7-5-8(21-2)6-15(23-7)13-12(18)14-24(19,20)9-3-4-22-10(9)11(16)17/h3-6H,1-2H3,(H,16,17)(H2,13,14,18). The molecule has 0 unspecified atom stereocenters. The molecule has 0 spiro atoms. The fourth-order valence-electron chi connectivity index (χ4n) is 1.69. The number of nitrogens with one attached hydrogen (secondary N) is 2. The van der Waals surface area contributed by atoms with E-state index in [1.54, 1.807) is 17.7 Å². The van der Waals surface area contributed by atoms with Gasteiger partial charge < -0.3 is 9.84 Å². The fourth-order valence-corrected chi connectivity index (χ4v) is 4.62. The first kappa shape index (κ1) is 18.2. The lowest BCUT2D eigenvalue weighted by atomic mass is 10.4. The SMILES string of the molecule is COC1=CN(NC(=O)NS(=O)(=O)c2ccsc2C(=O)O)SC(C)=C1. The van der Waals surface area contributed by atoms with Crippen molar-refractivity contribution < 1.29 is 27.9 Å². The molecule has 9 nitrogen and oxygen atoms in total. The van der Waals surface area contributed by atoms with Crippen LogP contribution in [0.2, 0.25) is 0 Å². The Morgan fingerprint density at radius 2 is 2.08 bits per heavy atom. The second-order valence-electron chi connectivity index (χ2n) is 4.37. The predicted octanol–water partition coefficient (Wildman–Crippen LogP) is 1.70. The summed E-state index contributed by atoms with van der Waals surface area (Å²) in [6.07, 6.45) is 3.19. The van der Waals surface area contributed by atoms with Crippen LogP contribution in [0.4, 0.5) is 4.79 Å². The number of amides is 2. The number of hydrogen-bond donors (Lipinski definition) is 3. The molecule has 1 aliphatic rings. The molecule has 12 heteroatoms. The summed E-state index contributed by atoms with van der Waals surface area (Å²) in [6, 6.07) is 0.0845. The molecular weight excluding hydrogens is 378 g/mol. The lowest BCUT2D eigenvalue weighted by Gasteiger charge is -2.24. The molecule has 2 rings (SSSR count). The summed E-state index contributed by atoms with van der Waals surface area (Å²) < 4.78 is 32.4. The Bertz CT molecular complexity index is 827. The molecule has 2 heterocycles. The summed E-state index contributed by atoms with van der Waals surface area (Å²) in [6.45, 7) is 1.78. The number of ether oxygens (including phenoxy) is 1. The third kappa shape index (κ3) is 4.21. The zero-order chi connectivity index (χ0) is 17.9. The lowest BCUT2D eigenvalue weighted by Crippen LogP contribution is -2.44. The molecule has 1 aromatic heterocycles. The van der Waals surface area contributed by atoms with Gasteiger partial charge in [-0.3, -0.25) is 0 Å². The Morgan fingerprint density at radius 1 is 1.38 bits per heavy atom. The smallest absolute Gasteiger partial charge is 0.348 e. The number of allylic oxidation sites excluding steroid dienone is 2. The van der Waals surface area contributed by atoms with Gasteiger partial charge >= 0.3 is 12.0 Å². The first-order valence-electron chi connectivity index (χ1n) is 6.28. The van der Waals surface area contributed by atoms with Gasteiger partial charge in [0.05, 0.1) is 13.3 Å². The molecule has 24 heavy (non-hydrogen) atoms. The van der Waals surface area contributed by atoms with Crippen molar-refractivity contribution in [3.63, 3.8) is 0 Å². The number of nitrogens with zero attached hydrogens (tertiary/aromatic N) is 1. The predicted molar refractivity (Wildman–Crippen MR) is 88.4 cm³/mol. The number of hydrogen-bond acceptors (Lipinski definition) is 8. The molecule has 0 saturated heterocycles. The monoisotopic (exact) mass is 391 g/mol. The number of rotatable bonds is 5. The second-order valence-corrected chi connectivity index (χ2v) is 8.16. The van der Waals surface area contributed by atoms with E-state index >= 15 is 0 Å². The van der Waals surface area contributed by atoms with E-state index in [4.69, 9.17) is 9.84 Å². The Balaban J connectivity index is 2.09. The first-order chi connectivity index (χ1) is 11.2. The number of aromatic carboxylic acids is 1. The molecular formula is C12H13N3O6S3. The van der Waals surface area contributed by atoms with Crippen LogP contribution >= 0.6 is 23.3 Å². The largest absolute Gasteiger partial charge is 0.495 e. The summed E-state index contributed by atoms with van der Waals surface area (Å²) in [5.41, 5.74) is 2.31. The molecule has 0 radical (unpaired) electrons. The molecule has 0 saturated carbocycles. The van der Waals surface area contributed by atoms with Crippen molar-refractivity contribution in [1.29, 1.82) is 0 Å². The maximum absolute atomic E-state index is 12.2.